The maximum Gasteiger partial charge on any atom is 0.121 e. The Morgan fingerprint density at radius 1 is 1.53 bits per heavy atom. The summed E-state index contributed by atoms with van der Waals surface area (Å²) in [5.41, 5.74) is 1.08. The van der Waals surface area contributed by atoms with Crippen molar-refractivity contribution in [1.82, 2.24) is 5.32 Å². The molecule has 0 aliphatic carbocycles. The van der Waals surface area contributed by atoms with Crippen molar-refractivity contribution in [3.63, 3.8) is 0 Å². The molecule has 17 heavy (non-hydrogen) atoms. The second-order valence-electron chi connectivity index (χ2n) is 4.31. The quantitative estimate of drug-likeness (QED) is 0.894. The molecular formula is C13H19ClN2O. The van der Waals surface area contributed by atoms with Crippen molar-refractivity contribution in [1.29, 1.82) is 0 Å². The summed E-state index contributed by atoms with van der Waals surface area (Å²) in [5.74, 6) is 0.858. The van der Waals surface area contributed by atoms with Crippen LogP contribution in [0.5, 0.6) is 5.75 Å². The molecule has 0 amide bonds. The van der Waals surface area contributed by atoms with Gasteiger partial charge in [0.2, 0.25) is 0 Å². The third-order valence-electron chi connectivity index (χ3n) is 3.18. The molecule has 1 fully saturated rings. The summed E-state index contributed by atoms with van der Waals surface area (Å²) in [5, 5.41) is 4.27. The van der Waals surface area contributed by atoms with E-state index in [9.17, 15) is 0 Å². The Morgan fingerprint density at radius 2 is 2.35 bits per heavy atom. The van der Waals surface area contributed by atoms with Crippen molar-refractivity contribution in [2.24, 2.45) is 0 Å². The van der Waals surface area contributed by atoms with Crippen LogP contribution in [0.15, 0.2) is 18.2 Å². The SMILES string of the molecule is CCNC1CCN(c2cc(OC)ccc2Cl)C1. The zero-order chi connectivity index (χ0) is 12.3. The van der Waals surface area contributed by atoms with Crippen molar-refractivity contribution in [2.75, 3.05) is 31.6 Å². The van der Waals surface area contributed by atoms with Crippen LogP contribution in [-0.4, -0.2) is 32.8 Å². The molecule has 2 rings (SSSR count). The number of hydrogen-bond donors (Lipinski definition) is 1. The summed E-state index contributed by atoms with van der Waals surface area (Å²) in [7, 11) is 1.68. The molecule has 0 saturated carbocycles. The van der Waals surface area contributed by atoms with Gasteiger partial charge >= 0.3 is 0 Å². The fraction of sp³-hybridized carbons (Fsp3) is 0.538. The van der Waals surface area contributed by atoms with Crippen LogP contribution in [0.25, 0.3) is 0 Å². The van der Waals surface area contributed by atoms with E-state index < -0.39 is 0 Å². The van der Waals surface area contributed by atoms with Crippen LogP contribution in [0.4, 0.5) is 5.69 Å². The van der Waals surface area contributed by atoms with Crippen LogP contribution in [0.1, 0.15) is 13.3 Å². The molecule has 1 unspecified atom stereocenters. The molecule has 1 aromatic carbocycles. The van der Waals surface area contributed by atoms with E-state index in [-0.39, 0.29) is 0 Å². The molecule has 94 valence electrons. The summed E-state index contributed by atoms with van der Waals surface area (Å²) in [6.07, 6.45) is 1.17. The molecule has 4 heteroatoms. The maximum absolute atomic E-state index is 6.24. The van der Waals surface area contributed by atoms with Gasteiger partial charge in [-0.1, -0.05) is 18.5 Å². The van der Waals surface area contributed by atoms with Crippen LogP contribution in [-0.2, 0) is 0 Å². The summed E-state index contributed by atoms with van der Waals surface area (Å²) >= 11 is 6.24. The van der Waals surface area contributed by atoms with Gasteiger partial charge in [0.1, 0.15) is 5.75 Å². The average Bonchev–Trinajstić information content (AvgIpc) is 2.79. The molecule has 0 bridgehead atoms. The molecule has 1 N–H and O–H groups in total. The molecule has 0 radical (unpaired) electrons. The fourth-order valence-corrected chi connectivity index (χ4v) is 2.53. The van der Waals surface area contributed by atoms with E-state index in [2.05, 4.69) is 17.1 Å². The van der Waals surface area contributed by atoms with Gasteiger partial charge < -0.3 is 15.0 Å². The molecule has 3 nitrogen and oxygen atoms in total. The number of ether oxygens (including phenoxy) is 1. The lowest BCUT2D eigenvalue weighted by molar-refractivity contribution is 0.415. The van der Waals surface area contributed by atoms with Crippen LogP contribution in [0.3, 0.4) is 0 Å². The lowest BCUT2D eigenvalue weighted by atomic mass is 10.2. The lowest BCUT2D eigenvalue weighted by Crippen LogP contribution is -2.32. The molecular weight excluding hydrogens is 236 g/mol. The van der Waals surface area contributed by atoms with Gasteiger partial charge in [0.15, 0.2) is 0 Å². The minimum Gasteiger partial charge on any atom is -0.497 e. The molecule has 1 heterocycles. The summed E-state index contributed by atoms with van der Waals surface area (Å²) in [6, 6.07) is 6.37. The normalized spacial score (nSPS) is 19.7. The van der Waals surface area contributed by atoms with Gasteiger partial charge in [-0.15, -0.1) is 0 Å². The number of anilines is 1. The monoisotopic (exact) mass is 254 g/mol. The lowest BCUT2D eigenvalue weighted by Gasteiger charge is -2.20. The molecule has 1 atom stereocenters. The van der Waals surface area contributed by atoms with Crippen molar-refractivity contribution >= 4 is 17.3 Å². The van der Waals surface area contributed by atoms with Gasteiger partial charge in [-0.3, -0.25) is 0 Å². The number of hydrogen-bond acceptors (Lipinski definition) is 3. The van der Waals surface area contributed by atoms with E-state index in [1.54, 1.807) is 7.11 Å². The number of nitrogens with one attached hydrogen (secondary N) is 1. The highest BCUT2D eigenvalue weighted by atomic mass is 35.5. The molecule has 0 aromatic heterocycles. The van der Waals surface area contributed by atoms with Crippen LogP contribution >= 0.6 is 11.6 Å². The number of nitrogens with zero attached hydrogens (tertiary/aromatic N) is 1. The first-order valence-corrected chi connectivity index (χ1v) is 6.44. The van der Waals surface area contributed by atoms with E-state index in [0.717, 1.165) is 36.1 Å². The molecule has 1 aliphatic heterocycles. The van der Waals surface area contributed by atoms with Crippen molar-refractivity contribution in [3.8, 4) is 5.75 Å². The smallest absolute Gasteiger partial charge is 0.121 e. The second kappa shape index (κ2) is 5.61. The second-order valence-corrected chi connectivity index (χ2v) is 4.71. The highest BCUT2D eigenvalue weighted by Gasteiger charge is 2.23. The maximum atomic E-state index is 6.24. The Kier molecular flexibility index (Phi) is 4.13. The van der Waals surface area contributed by atoms with Gasteiger partial charge in [0.05, 0.1) is 17.8 Å². The standard InChI is InChI=1S/C13H19ClN2O/c1-3-15-10-6-7-16(9-10)13-8-11(17-2)4-5-12(13)14/h4-5,8,10,15H,3,6-7,9H2,1-2H3. The Morgan fingerprint density at radius 3 is 3.06 bits per heavy atom. The first-order chi connectivity index (χ1) is 8.24. The van der Waals surface area contributed by atoms with Gasteiger partial charge in [-0.05, 0) is 25.1 Å². The highest BCUT2D eigenvalue weighted by Crippen LogP contribution is 2.32. The topological polar surface area (TPSA) is 24.5 Å². The predicted molar refractivity (Wildman–Crippen MR) is 72.3 cm³/mol. The first-order valence-electron chi connectivity index (χ1n) is 6.06. The van der Waals surface area contributed by atoms with Gasteiger partial charge in [0.25, 0.3) is 0 Å². The highest BCUT2D eigenvalue weighted by molar-refractivity contribution is 6.33. The van der Waals surface area contributed by atoms with E-state index in [4.69, 9.17) is 16.3 Å². The van der Waals surface area contributed by atoms with Crippen LogP contribution in [0.2, 0.25) is 5.02 Å². The summed E-state index contributed by atoms with van der Waals surface area (Å²) in [4.78, 5) is 2.32. The van der Waals surface area contributed by atoms with E-state index in [1.165, 1.54) is 6.42 Å². The minimum atomic E-state index is 0.572. The van der Waals surface area contributed by atoms with Gasteiger partial charge in [0, 0.05) is 25.2 Å². The molecule has 0 spiro atoms. The van der Waals surface area contributed by atoms with Crippen LogP contribution < -0.4 is 15.0 Å². The van der Waals surface area contributed by atoms with E-state index in [1.807, 2.05) is 18.2 Å². The third kappa shape index (κ3) is 2.85. The first kappa shape index (κ1) is 12.5. The van der Waals surface area contributed by atoms with E-state index >= 15 is 0 Å². The third-order valence-corrected chi connectivity index (χ3v) is 3.49. The van der Waals surface area contributed by atoms with E-state index in [0.29, 0.717) is 6.04 Å². The fourth-order valence-electron chi connectivity index (χ4n) is 2.30. The summed E-state index contributed by atoms with van der Waals surface area (Å²) in [6.45, 7) is 5.22. The number of halogens is 1. The Hall–Kier alpha value is -0.930. The zero-order valence-electron chi connectivity index (χ0n) is 10.4. The number of benzene rings is 1. The van der Waals surface area contributed by atoms with Gasteiger partial charge in [-0.25, -0.2) is 0 Å². The molecule has 1 saturated heterocycles. The Labute approximate surface area is 108 Å². The minimum absolute atomic E-state index is 0.572. The Bertz CT molecular complexity index is 384. The van der Waals surface area contributed by atoms with Gasteiger partial charge in [-0.2, -0.15) is 0 Å². The largest absolute Gasteiger partial charge is 0.497 e. The molecule has 1 aromatic rings. The molecule has 1 aliphatic rings. The predicted octanol–water partition coefficient (Wildman–Crippen LogP) is 2.54. The van der Waals surface area contributed by atoms with Crippen molar-refractivity contribution in [2.45, 2.75) is 19.4 Å². The number of likely N-dealkylation sites (N-methyl/N-ethyl adjacent to an activating group) is 1. The average molecular weight is 255 g/mol. The number of rotatable bonds is 4. The Balaban J connectivity index is 2.12. The zero-order valence-corrected chi connectivity index (χ0v) is 11.1. The summed E-state index contributed by atoms with van der Waals surface area (Å²) < 4.78 is 5.24. The number of methoxy groups -OCH3 is 1. The van der Waals surface area contributed by atoms with Crippen molar-refractivity contribution in [3.05, 3.63) is 23.2 Å². The van der Waals surface area contributed by atoms with Crippen LogP contribution in [0, 0.1) is 0 Å². The van der Waals surface area contributed by atoms with Crippen molar-refractivity contribution < 1.29 is 4.74 Å².